The maximum absolute atomic E-state index is 5.37. The van der Waals surface area contributed by atoms with Crippen molar-refractivity contribution in [3.8, 4) is 5.75 Å². The summed E-state index contributed by atoms with van der Waals surface area (Å²) in [5, 5.41) is 0. The highest BCUT2D eigenvalue weighted by atomic mass is 16.5. The topological polar surface area (TPSA) is 15.7 Å². The predicted molar refractivity (Wildman–Crippen MR) is 89.7 cm³/mol. The molecule has 0 N–H and O–H groups in total. The Morgan fingerprint density at radius 3 is 2.81 bits per heavy atom. The molecule has 0 spiro atoms. The van der Waals surface area contributed by atoms with Gasteiger partial charge in [0.1, 0.15) is 5.75 Å². The first-order chi connectivity index (χ1) is 10.0. The van der Waals surface area contributed by atoms with Crippen LogP contribution in [0.5, 0.6) is 5.75 Å². The van der Waals surface area contributed by atoms with Crippen molar-refractivity contribution >= 4 is 6.08 Å². The molecule has 3 heteroatoms. The molecule has 0 aliphatic carbocycles. The van der Waals surface area contributed by atoms with E-state index in [9.17, 15) is 0 Å². The summed E-state index contributed by atoms with van der Waals surface area (Å²) in [6.45, 7) is 6.94. The van der Waals surface area contributed by atoms with Gasteiger partial charge in [-0.3, -0.25) is 0 Å². The fraction of sp³-hybridized carbons (Fsp3) is 0.556. The lowest BCUT2D eigenvalue weighted by molar-refractivity contribution is 0.208. The van der Waals surface area contributed by atoms with Gasteiger partial charge in [-0.1, -0.05) is 37.3 Å². The van der Waals surface area contributed by atoms with E-state index in [4.69, 9.17) is 4.74 Å². The molecule has 1 aliphatic rings. The molecule has 0 saturated carbocycles. The van der Waals surface area contributed by atoms with Crippen LogP contribution in [-0.2, 0) is 0 Å². The molecule has 3 nitrogen and oxygen atoms in total. The number of methoxy groups -OCH3 is 1. The first-order valence-electron chi connectivity index (χ1n) is 7.69. The van der Waals surface area contributed by atoms with E-state index in [0.29, 0.717) is 5.41 Å². The SMILES string of the molecule is COc1ccccc1C=CCN(C)CC1(C)CCN(C)C1. The Hall–Kier alpha value is -1.32. The van der Waals surface area contributed by atoms with Gasteiger partial charge in [0.15, 0.2) is 0 Å². The van der Waals surface area contributed by atoms with Gasteiger partial charge in [0.2, 0.25) is 0 Å². The minimum Gasteiger partial charge on any atom is -0.496 e. The molecule has 1 atom stereocenters. The van der Waals surface area contributed by atoms with Gasteiger partial charge in [0.25, 0.3) is 0 Å². The molecule has 1 unspecified atom stereocenters. The summed E-state index contributed by atoms with van der Waals surface area (Å²) in [5.41, 5.74) is 1.57. The first kappa shape index (κ1) is 16.1. The standard InChI is InChI=1S/C18H28N2O/c1-18(11-13-20(3)15-18)14-19(2)12-7-9-16-8-5-6-10-17(16)21-4/h5-10H,11-15H2,1-4H3. The van der Waals surface area contributed by atoms with Gasteiger partial charge in [-0.05, 0) is 38.5 Å². The zero-order valence-corrected chi connectivity index (χ0v) is 13.8. The molecular weight excluding hydrogens is 260 g/mol. The molecule has 116 valence electrons. The van der Waals surface area contributed by atoms with Crippen molar-refractivity contribution in [2.45, 2.75) is 13.3 Å². The zero-order chi connectivity index (χ0) is 15.3. The van der Waals surface area contributed by atoms with Gasteiger partial charge < -0.3 is 14.5 Å². The van der Waals surface area contributed by atoms with Gasteiger partial charge in [-0.25, -0.2) is 0 Å². The van der Waals surface area contributed by atoms with Gasteiger partial charge >= 0.3 is 0 Å². The Morgan fingerprint density at radius 1 is 1.38 bits per heavy atom. The van der Waals surface area contributed by atoms with Crippen molar-refractivity contribution in [3.05, 3.63) is 35.9 Å². The van der Waals surface area contributed by atoms with Crippen LogP contribution in [-0.4, -0.2) is 57.2 Å². The maximum atomic E-state index is 5.37. The third-order valence-electron chi connectivity index (χ3n) is 4.25. The number of benzene rings is 1. The van der Waals surface area contributed by atoms with Crippen LogP contribution in [0.2, 0.25) is 0 Å². The fourth-order valence-corrected chi connectivity index (χ4v) is 3.28. The number of rotatable bonds is 6. The summed E-state index contributed by atoms with van der Waals surface area (Å²) >= 11 is 0. The van der Waals surface area contributed by atoms with Crippen LogP contribution < -0.4 is 4.74 Å². The summed E-state index contributed by atoms with van der Waals surface area (Å²) in [4.78, 5) is 4.84. The molecule has 21 heavy (non-hydrogen) atoms. The van der Waals surface area contributed by atoms with Gasteiger partial charge in [0.05, 0.1) is 7.11 Å². The minimum atomic E-state index is 0.432. The molecule has 0 radical (unpaired) electrons. The molecule has 1 aromatic carbocycles. The quantitative estimate of drug-likeness (QED) is 0.800. The third kappa shape index (κ3) is 4.58. The first-order valence-corrected chi connectivity index (χ1v) is 7.69. The lowest BCUT2D eigenvalue weighted by atomic mass is 9.89. The van der Waals surface area contributed by atoms with E-state index in [-0.39, 0.29) is 0 Å². The molecular formula is C18H28N2O. The Labute approximate surface area is 129 Å². The summed E-state index contributed by atoms with van der Waals surface area (Å²) in [6, 6.07) is 8.13. The van der Waals surface area contributed by atoms with Crippen molar-refractivity contribution in [2.75, 3.05) is 47.4 Å². The Balaban J connectivity index is 1.86. The predicted octanol–water partition coefficient (Wildman–Crippen LogP) is 2.98. The smallest absolute Gasteiger partial charge is 0.126 e. The Kier molecular flexibility index (Phi) is 5.43. The molecule has 1 heterocycles. The van der Waals surface area contributed by atoms with Crippen LogP contribution in [0, 0.1) is 5.41 Å². The molecule has 1 aromatic rings. The van der Waals surface area contributed by atoms with Crippen LogP contribution in [0.1, 0.15) is 18.9 Å². The molecule has 0 aromatic heterocycles. The van der Waals surface area contributed by atoms with Crippen LogP contribution >= 0.6 is 0 Å². The average Bonchev–Trinajstić information content (AvgIpc) is 2.78. The van der Waals surface area contributed by atoms with E-state index in [1.54, 1.807) is 7.11 Å². The summed E-state index contributed by atoms with van der Waals surface area (Å²) in [7, 11) is 6.14. The van der Waals surface area contributed by atoms with E-state index in [1.165, 1.54) is 19.5 Å². The van der Waals surface area contributed by atoms with Crippen LogP contribution in [0.25, 0.3) is 6.08 Å². The highest BCUT2D eigenvalue weighted by Gasteiger charge is 2.32. The van der Waals surface area contributed by atoms with E-state index in [2.05, 4.69) is 49.0 Å². The van der Waals surface area contributed by atoms with Crippen LogP contribution in [0.4, 0.5) is 0 Å². The number of likely N-dealkylation sites (tertiary alicyclic amines) is 1. The molecule has 1 aliphatic heterocycles. The number of ether oxygens (including phenoxy) is 1. The number of hydrogen-bond donors (Lipinski definition) is 0. The van der Waals surface area contributed by atoms with Gasteiger partial charge in [0, 0.05) is 25.2 Å². The normalized spacial score (nSPS) is 23.3. The molecule has 0 bridgehead atoms. The van der Waals surface area contributed by atoms with Crippen molar-refractivity contribution in [1.29, 1.82) is 0 Å². The van der Waals surface area contributed by atoms with E-state index in [1.807, 2.05) is 18.2 Å². The number of para-hydroxylation sites is 1. The van der Waals surface area contributed by atoms with Crippen molar-refractivity contribution in [1.82, 2.24) is 9.80 Å². The Bertz CT molecular complexity index is 486. The lowest BCUT2D eigenvalue weighted by Gasteiger charge is -2.29. The summed E-state index contributed by atoms with van der Waals surface area (Å²) in [5.74, 6) is 0.931. The number of hydrogen-bond acceptors (Lipinski definition) is 3. The van der Waals surface area contributed by atoms with Crippen LogP contribution in [0.15, 0.2) is 30.3 Å². The average molecular weight is 288 g/mol. The van der Waals surface area contributed by atoms with Crippen molar-refractivity contribution < 1.29 is 4.74 Å². The minimum absolute atomic E-state index is 0.432. The lowest BCUT2D eigenvalue weighted by Crippen LogP contribution is -2.35. The second kappa shape index (κ2) is 7.10. The van der Waals surface area contributed by atoms with Crippen molar-refractivity contribution in [3.63, 3.8) is 0 Å². The summed E-state index contributed by atoms with van der Waals surface area (Å²) in [6.07, 6.45) is 5.67. The van der Waals surface area contributed by atoms with Crippen molar-refractivity contribution in [2.24, 2.45) is 5.41 Å². The number of nitrogens with zero attached hydrogens (tertiary/aromatic N) is 2. The maximum Gasteiger partial charge on any atom is 0.126 e. The molecule has 1 saturated heterocycles. The highest BCUT2D eigenvalue weighted by Crippen LogP contribution is 2.29. The Morgan fingerprint density at radius 2 is 2.14 bits per heavy atom. The largest absolute Gasteiger partial charge is 0.496 e. The zero-order valence-electron chi connectivity index (χ0n) is 13.8. The third-order valence-corrected chi connectivity index (χ3v) is 4.25. The van der Waals surface area contributed by atoms with E-state index < -0.39 is 0 Å². The fourth-order valence-electron chi connectivity index (χ4n) is 3.28. The second-order valence-electron chi connectivity index (χ2n) is 6.64. The van der Waals surface area contributed by atoms with Gasteiger partial charge in [-0.2, -0.15) is 0 Å². The molecule has 0 amide bonds. The van der Waals surface area contributed by atoms with E-state index >= 15 is 0 Å². The molecule has 2 rings (SSSR count). The van der Waals surface area contributed by atoms with E-state index in [0.717, 1.165) is 24.4 Å². The van der Waals surface area contributed by atoms with Crippen LogP contribution in [0.3, 0.4) is 0 Å². The highest BCUT2D eigenvalue weighted by molar-refractivity contribution is 5.57. The monoisotopic (exact) mass is 288 g/mol. The molecule has 1 fully saturated rings. The van der Waals surface area contributed by atoms with Gasteiger partial charge in [-0.15, -0.1) is 0 Å². The number of likely N-dealkylation sites (N-methyl/N-ethyl adjacent to an activating group) is 1. The summed E-state index contributed by atoms with van der Waals surface area (Å²) < 4.78 is 5.37. The second-order valence-corrected chi connectivity index (χ2v) is 6.64.